The minimum Gasteiger partial charge on any atom is -0.493 e. The van der Waals surface area contributed by atoms with Crippen LogP contribution in [0.25, 0.3) is 11.0 Å². The SMILES string of the molecule is CC(=O)C[C@H](O)[C@@H](C)COc1ccc2ccc(=O)oc2c1. The van der Waals surface area contributed by atoms with Crippen LogP contribution in [-0.4, -0.2) is 23.6 Å². The van der Waals surface area contributed by atoms with E-state index in [-0.39, 0.29) is 24.7 Å². The number of rotatable bonds is 6. The van der Waals surface area contributed by atoms with Crippen molar-refractivity contribution in [1.29, 1.82) is 0 Å². The van der Waals surface area contributed by atoms with E-state index in [0.29, 0.717) is 11.3 Å². The van der Waals surface area contributed by atoms with Crippen LogP contribution in [0.2, 0.25) is 0 Å². The summed E-state index contributed by atoms with van der Waals surface area (Å²) in [5.74, 6) is 0.327. The zero-order chi connectivity index (χ0) is 15.4. The molecule has 21 heavy (non-hydrogen) atoms. The Labute approximate surface area is 122 Å². The summed E-state index contributed by atoms with van der Waals surface area (Å²) in [4.78, 5) is 22.1. The van der Waals surface area contributed by atoms with E-state index in [1.54, 1.807) is 24.3 Å². The molecule has 0 saturated heterocycles. The fraction of sp³-hybridized carbons (Fsp3) is 0.375. The van der Waals surface area contributed by atoms with Crippen LogP contribution in [0.5, 0.6) is 5.75 Å². The van der Waals surface area contributed by atoms with Crippen molar-refractivity contribution in [3.05, 3.63) is 40.8 Å². The largest absolute Gasteiger partial charge is 0.493 e. The Bertz CT molecular complexity index is 688. The Morgan fingerprint density at radius 3 is 2.76 bits per heavy atom. The van der Waals surface area contributed by atoms with Crippen LogP contribution < -0.4 is 10.4 Å². The van der Waals surface area contributed by atoms with E-state index in [1.807, 2.05) is 6.92 Å². The predicted octanol–water partition coefficient (Wildman–Crippen LogP) is 2.15. The number of Topliss-reactive ketones (excluding diaryl/α,β-unsaturated/α-hetero) is 1. The summed E-state index contributed by atoms with van der Waals surface area (Å²) in [6.07, 6.45) is -0.599. The third-order valence-corrected chi connectivity index (χ3v) is 3.26. The number of ether oxygens (including phenoxy) is 1. The standard InChI is InChI=1S/C16H18O5/c1-10(14(18)7-11(2)17)9-20-13-5-3-12-4-6-16(19)21-15(12)8-13/h3-6,8,10,14,18H,7,9H2,1-2H3/t10-,14-/m0/s1. The Morgan fingerprint density at radius 1 is 1.33 bits per heavy atom. The summed E-state index contributed by atoms with van der Waals surface area (Å²) in [6, 6.07) is 8.25. The number of hydrogen-bond donors (Lipinski definition) is 1. The van der Waals surface area contributed by atoms with Crippen LogP contribution in [0.1, 0.15) is 20.3 Å². The molecule has 0 aliphatic carbocycles. The van der Waals surface area contributed by atoms with Crippen LogP contribution in [0.15, 0.2) is 39.5 Å². The molecule has 0 saturated carbocycles. The van der Waals surface area contributed by atoms with Crippen LogP contribution in [0.4, 0.5) is 0 Å². The van der Waals surface area contributed by atoms with Gasteiger partial charge < -0.3 is 14.3 Å². The average molecular weight is 290 g/mol. The second-order valence-corrected chi connectivity index (χ2v) is 5.22. The van der Waals surface area contributed by atoms with Gasteiger partial charge in [0, 0.05) is 29.9 Å². The van der Waals surface area contributed by atoms with E-state index in [0.717, 1.165) is 5.39 Å². The van der Waals surface area contributed by atoms with Gasteiger partial charge in [-0.05, 0) is 25.1 Å². The number of ketones is 1. The van der Waals surface area contributed by atoms with Gasteiger partial charge in [-0.3, -0.25) is 4.79 Å². The quantitative estimate of drug-likeness (QED) is 0.825. The van der Waals surface area contributed by atoms with Gasteiger partial charge in [0.1, 0.15) is 17.1 Å². The molecule has 0 fully saturated rings. The molecule has 0 spiro atoms. The molecule has 2 atom stereocenters. The smallest absolute Gasteiger partial charge is 0.336 e. The minimum atomic E-state index is -0.721. The van der Waals surface area contributed by atoms with Crippen molar-refractivity contribution in [3.8, 4) is 5.75 Å². The molecule has 2 rings (SSSR count). The van der Waals surface area contributed by atoms with Gasteiger partial charge in [0.05, 0.1) is 12.7 Å². The van der Waals surface area contributed by atoms with Crippen LogP contribution in [0.3, 0.4) is 0 Å². The summed E-state index contributed by atoms with van der Waals surface area (Å²) >= 11 is 0. The Morgan fingerprint density at radius 2 is 2.05 bits per heavy atom. The number of benzene rings is 1. The molecule has 2 aromatic rings. The Kier molecular flexibility index (Phi) is 4.75. The number of hydrogen-bond acceptors (Lipinski definition) is 5. The maximum Gasteiger partial charge on any atom is 0.336 e. The molecule has 1 aromatic carbocycles. The molecular formula is C16H18O5. The highest BCUT2D eigenvalue weighted by molar-refractivity contribution is 5.77. The summed E-state index contributed by atoms with van der Waals surface area (Å²) in [5, 5.41) is 10.6. The molecule has 0 radical (unpaired) electrons. The lowest BCUT2D eigenvalue weighted by Gasteiger charge is -2.18. The van der Waals surface area contributed by atoms with E-state index in [2.05, 4.69) is 0 Å². The first kappa shape index (κ1) is 15.3. The predicted molar refractivity (Wildman–Crippen MR) is 78.4 cm³/mol. The van der Waals surface area contributed by atoms with Crippen molar-refractivity contribution < 1.29 is 19.1 Å². The molecule has 1 aromatic heterocycles. The summed E-state index contributed by atoms with van der Waals surface area (Å²) < 4.78 is 10.7. The normalized spacial score (nSPS) is 13.9. The Balaban J connectivity index is 2.03. The van der Waals surface area contributed by atoms with Gasteiger partial charge in [-0.1, -0.05) is 6.92 Å². The van der Waals surface area contributed by atoms with Crippen molar-refractivity contribution in [2.24, 2.45) is 5.92 Å². The maximum absolute atomic E-state index is 11.2. The maximum atomic E-state index is 11.2. The number of fused-ring (bicyclic) bond motifs is 1. The highest BCUT2D eigenvalue weighted by atomic mass is 16.5. The number of aliphatic hydroxyl groups is 1. The topological polar surface area (TPSA) is 76.7 Å². The first-order valence-electron chi connectivity index (χ1n) is 6.80. The van der Waals surface area contributed by atoms with Crippen LogP contribution in [-0.2, 0) is 4.79 Å². The zero-order valence-corrected chi connectivity index (χ0v) is 12.0. The fourth-order valence-corrected chi connectivity index (χ4v) is 1.97. The molecule has 0 bridgehead atoms. The van der Waals surface area contributed by atoms with Crippen molar-refractivity contribution in [2.45, 2.75) is 26.4 Å². The van der Waals surface area contributed by atoms with Crippen molar-refractivity contribution in [3.63, 3.8) is 0 Å². The van der Waals surface area contributed by atoms with Crippen molar-refractivity contribution in [2.75, 3.05) is 6.61 Å². The van der Waals surface area contributed by atoms with E-state index < -0.39 is 11.7 Å². The zero-order valence-electron chi connectivity index (χ0n) is 12.0. The van der Waals surface area contributed by atoms with Crippen molar-refractivity contribution in [1.82, 2.24) is 0 Å². The molecule has 0 amide bonds. The third-order valence-electron chi connectivity index (χ3n) is 3.26. The van der Waals surface area contributed by atoms with E-state index in [9.17, 15) is 14.7 Å². The second kappa shape index (κ2) is 6.54. The molecule has 0 unspecified atom stereocenters. The lowest BCUT2D eigenvalue weighted by molar-refractivity contribution is -0.119. The molecule has 5 nitrogen and oxygen atoms in total. The minimum absolute atomic E-state index is 0.0539. The number of aliphatic hydroxyl groups excluding tert-OH is 1. The van der Waals surface area contributed by atoms with Gasteiger partial charge in [-0.2, -0.15) is 0 Å². The van der Waals surface area contributed by atoms with Crippen LogP contribution in [0, 0.1) is 5.92 Å². The van der Waals surface area contributed by atoms with Crippen LogP contribution >= 0.6 is 0 Å². The van der Waals surface area contributed by atoms with Gasteiger partial charge in [-0.25, -0.2) is 4.79 Å². The molecular weight excluding hydrogens is 272 g/mol. The summed E-state index contributed by atoms with van der Waals surface area (Å²) in [7, 11) is 0. The molecule has 1 heterocycles. The van der Waals surface area contributed by atoms with Gasteiger partial charge in [-0.15, -0.1) is 0 Å². The highest BCUT2D eigenvalue weighted by Crippen LogP contribution is 2.20. The van der Waals surface area contributed by atoms with Crippen molar-refractivity contribution >= 4 is 16.8 Å². The highest BCUT2D eigenvalue weighted by Gasteiger charge is 2.16. The monoisotopic (exact) mass is 290 g/mol. The third kappa shape index (κ3) is 4.16. The molecule has 0 aliphatic heterocycles. The first-order chi connectivity index (χ1) is 9.95. The van der Waals surface area contributed by atoms with E-state index in [4.69, 9.17) is 9.15 Å². The van der Waals surface area contributed by atoms with Gasteiger partial charge in [0.25, 0.3) is 0 Å². The molecule has 0 aliphatic rings. The van der Waals surface area contributed by atoms with Gasteiger partial charge in [0.15, 0.2) is 0 Å². The van der Waals surface area contributed by atoms with Gasteiger partial charge in [0.2, 0.25) is 0 Å². The average Bonchev–Trinajstić information content (AvgIpc) is 2.43. The van der Waals surface area contributed by atoms with Gasteiger partial charge >= 0.3 is 5.63 Å². The first-order valence-corrected chi connectivity index (χ1v) is 6.80. The second-order valence-electron chi connectivity index (χ2n) is 5.22. The fourth-order valence-electron chi connectivity index (χ4n) is 1.97. The molecule has 5 heteroatoms. The number of carbonyl (C=O) groups excluding carboxylic acids is 1. The molecule has 1 N–H and O–H groups in total. The summed E-state index contributed by atoms with van der Waals surface area (Å²) in [6.45, 7) is 3.54. The lowest BCUT2D eigenvalue weighted by atomic mass is 10.0. The Hall–Kier alpha value is -2.14. The lowest BCUT2D eigenvalue weighted by Crippen LogP contribution is -2.25. The van der Waals surface area contributed by atoms with E-state index in [1.165, 1.54) is 13.0 Å². The number of carbonyl (C=O) groups is 1. The molecule has 112 valence electrons. The summed E-state index contributed by atoms with van der Waals surface area (Å²) in [5.41, 5.74) is 0.0434. The van der Waals surface area contributed by atoms with E-state index >= 15 is 0 Å².